The summed E-state index contributed by atoms with van der Waals surface area (Å²) in [6.07, 6.45) is 0. The predicted molar refractivity (Wildman–Crippen MR) is 102 cm³/mol. The Morgan fingerprint density at radius 2 is 1.81 bits per heavy atom. The fraction of sp³-hybridized carbons (Fsp3) is 0.300. The van der Waals surface area contributed by atoms with E-state index in [1.807, 2.05) is 55.5 Å². The molecule has 0 aliphatic rings. The molecule has 3 N–H and O–H groups in total. The Kier molecular flexibility index (Phi) is 7.17. The zero-order chi connectivity index (χ0) is 18.9. The standard InChI is InChI=1S/C20H25N3O3/c1-14-9-10-18(26-3)17(13-14)23-20(25)19(16-7-5-4-6-8-16)22-12-11-21-15(2)24/h4-10,13,19,22H,11-12H2,1-3H3,(H,21,24)(H,23,25). The first kappa shape index (κ1) is 19.5. The molecule has 0 heterocycles. The van der Waals surface area contributed by atoms with Crippen LogP contribution in [0.3, 0.4) is 0 Å². The van der Waals surface area contributed by atoms with Crippen LogP contribution in [0.15, 0.2) is 48.5 Å². The maximum atomic E-state index is 12.9. The van der Waals surface area contributed by atoms with E-state index in [0.29, 0.717) is 24.5 Å². The number of hydrogen-bond acceptors (Lipinski definition) is 4. The lowest BCUT2D eigenvalue weighted by molar-refractivity contribution is -0.119. The third kappa shape index (κ3) is 5.60. The van der Waals surface area contributed by atoms with Crippen LogP contribution in [0.2, 0.25) is 0 Å². The molecule has 0 aliphatic carbocycles. The quantitative estimate of drug-likeness (QED) is 0.636. The molecule has 6 nitrogen and oxygen atoms in total. The molecule has 0 aliphatic heterocycles. The molecule has 2 amide bonds. The van der Waals surface area contributed by atoms with E-state index in [1.165, 1.54) is 6.92 Å². The van der Waals surface area contributed by atoms with E-state index in [0.717, 1.165) is 11.1 Å². The van der Waals surface area contributed by atoms with E-state index < -0.39 is 6.04 Å². The number of carbonyl (C=O) groups excluding carboxylic acids is 2. The van der Waals surface area contributed by atoms with Crippen LogP contribution in [0.1, 0.15) is 24.1 Å². The van der Waals surface area contributed by atoms with E-state index in [-0.39, 0.29) is 11.8 Å². The third-order valence-corrected chi connectivity index (χ3v) is 3.86. The molecule has 0 radical (unpaired) electrons. The summed E-state index contributed by atoms with van der Waals surface area (Å²) in [7, 11) is 1.57. The largest absolute Gasteiger partial charge is 0.495 e. The van der Waals surface area contributed by atoms with Crippen LogP contribution in [-0.2, 0) is 9.59 Å². The Morgan fingerprint density at radius 3 is 2.46 bits per heavy atom. The Labute approximate surface area is 153 Å². The van der Waals surface area contributed by atoms with Crippen molar-refractivity contribution >= 4 is 17.5 Å². The van der Waals surface area contributed by atoms with Crippen LogP contribution in [0.25, 0.3) is 0 Å². The van der Waals surface area contributed by atoms with Gasteiger partial charge in [-0.25, -0.2) is 0 Å². The summed E-state index contributed by atoms with van der Waals surface area (Å²) >= 11 is 0. The van der Waals surface area contributed by atoms with Gasteiger partial charge in [0.1, 0.15) is 11.8 Å². The van der Waals surface area contributed by atoms with Crippen LogP contribution < -0.4 is 20.7 Å². The molecule has 0 saturated carbocycles. The van der Waals surface area contributed by atoms with Crippen molar-refractivity contribution in [2.75, 3.05) is 25.5 Å². The van der Waals surface area contributed by atoms with Gasteiger partial charge < -0.3 is 20.7 Å². The maximum absolute atomic E-state index is 12.9. The lowest BCUT2D eigenvalue weighted by atomic mass is 10.1. The summed E-state index contributed by atoms with van der Waals surface area (Å²) in [6, 6.07) is 14.5. The van der Waals surface area contributed by atoms with Crippen molar-refractivity contribution in [3.63, 3.8) is 0 Å². The number of rotatable bonds is 8. The summed E-state index contributed by atoms with van der Waals surface area (Å²) in [5.74, 6) is 0.314. The second-order valence-corrected chi connectivity index (χ2v) is 5.97. The molecule has 0 fully saturated rings. The fourth-order valence-corrected chi connectivity index (χ4v) is 2.59. The van der Waals surface area contributed by atoms with Gasteiger partial charge in [0, 0.05) is 20.0 Å². The summed E-state index contributed by atoms with van der Waals surface area (Å²) in [5.41, 5.74) is 2.50. The number of nitrogens with one attached hydrogen (secondary N) is 3. The number of carbonyl (C=O) groups is 2. The Hall–Kier alpha value is -2.86. The van der Waals surface area contributed by atoms with Gasteiger partial charge in [-0.05, 0) is 30.2 Å². The second kappa shape index (κ2) is 9.58. The number of benzene rings is 2. The number of aryl methyl sites for hydroxylation is 1. The first-order valence-corrected chi connectivity index (χ1v) is 8.49. The molecule has 0 spiro atoms. The number of ether oxygens (including phenoxy) is 1. The Bertz CT molecular complexity index is 747. The zero-order valence-corrected chi connectivity index (χ0v) is 15.3. The van der Waals surface area contributed by atoms with E-state index in [9.17, 15) is 9.59 Å². The summed E-state index contributed by atoms with van der Waals surface area (Å²) < 4.78 is 5.33. The van der Waals surface area contributed by atoms with E-state index in [1.54, 1.807) is 7.11 Å². The van der Waals surface area contributed by atoms with E-state index >= 15 is 0 Å². The Balaban J connectivity index is 2.15. The maximum Gasteiger partial charge on any atom is 0.246 e. The second-order valence-electron chi connectivity index (χ2n) is 5.97. The van der Waals surface area contributed by atoms with Gasteiger partial charge in [0.05, 0.1) is 12.8 Å². The van der Waals surface area contributed by atoms with Crippen LogP contribution in [0.5, 0.6) is 5.75 Å². The summed E-state index contributed by atoms with van der Waals surface area (Å²) in [5, 5.41) is 8.85. The van der Waals surface area contributed by atoms with Gasteiger partial charge in [-0.2, -0.15) is 0 Å². The molecule has 0 saturated heterocycles. The van der Waals surface area contributed by atoms with Gasteiger partial charge in [-0.3, -0.25) is 9.59 Å². The zero-order valence-electron chi connectivity index (χ0n) is 15.3. The topological polar surface area (TPSA) is 79.5 Å². The minimum atomic E-state index is -0.546. The number of methoxy groups -OCH3 is 1. The van der Waals surface area contributed by atoms with Crippen molar-refractivity contribution in [1.29, 1.82) is 0 Å². The molecule has 1 atom stereocenters. The monoisotopic (exact) mass is 355 g/mol. The highest BCUT2D eigenvalue weighted by atomic mass is 16.5. The molecule has 26 heavy (non-hydrogen) atoms. The van der Waals surface area contributed by atoms with Gasteiger partial charge in [-0.15, -0.1) is 0 Å². The number of anilines is 1. The first-order chi connectivity index (χ1) is 12.5. The number of amides is 2. The van der Waals surface area contributed by atoms with Crippen LogP contribution in [-0.4, -0.2) is 32.0 Å². The normalized spacial score (nSPS) is 11.5. The highest BCUT2D eigenvalue weighted by Crippen LogP contribution is 2.26. The highest BCUT2D eigenvalue weighted by Gasteiger charge is 2.21. The van der Waals surface area contributed by atoms with Gasteiger partial charge in [0.15, 0.2) is 0 Å². The molecule has 138 valence electrons. The van der Waals surface area contributed by atoms with Crippen molar-refractivity contribution < 1.29 is 14.3 Å². The van der Waals surface area contributed by atoms with Gasteiger partial charge >= 0.3 is 0 Å². The molecule has 2 rings (SSSR count). The summed E-state index contributed by atoms with van der Waals surface area (Å²) in [4.78, 5) is 23.9. The van der Waals surface area contributed by atoms with Gasteiger partial charge in [0.25, 0.3) is 0 Å². The van der Waals surface area contributed by atoms with E-state index in [2.05, 4.69) is 16.0 Å². The smallest absolute Gasteiger partial charge is 0.246 e. The molecule has 0 bridgehead atoms. The lowest BCUT2D eigenvalue weighted by Crippen LogP contribution is -2.37. The average molecular weight is 355 g/mol. The minimum absolute atomic E-state index is 0.1000. The molecule has 2 aromatic rings. The molecule has 1 unspecified atom stereocenters. The minimum Gasteiger partial charge on any atom is -0.495 e. The molecule has 6 heteroatoms. The van der Waals surface area contributed by atoms with Crippen molar-refractivity contribution in [2.24, 2.45) is 0 Å². The van der Waals surface area contributed by atoms with Crippen molar-refractivity contribution in [2.45, 2.75) is 19.9 Å². The van der Waals surface area contributed by atoms with Crippen molar-refractivity contribution in [3.05, 3.63) is 59.7 Å². The van der Waals surface area contributed by atoms with Crippen LogP contribution >= 0.6 is 0 Å². The highest BCUT2D eigenvalue weighted by molar-refractivity contribution is 5.96. The first-order valence-electron chi connectivity index (χ1n) is 8.49. The Morgan fingerprint density at radius 1 is 1.08 bits per heavy atom. The van der Waals surface area contributed by atoms with Crippen molar-refractivity contribution in [3.8, 4) is 5.75 Å². The van der Waals surface area contributed by atoms with Crippen LogP contribution in [0, 0.1) is 6.92 Å². The van der Waals surface area contributed by atoms with Crippen LogP contribution in [0.4, 0.5) is 5.69 Å². The average Bonchev–Trinajstić information content (AvgIpc) is 2.62. The molecular formula is C20H25N3O3. The molecule has 0 aromatic heterocycles. The molecular weight excluding hydrogens is 330 g/mol. The van der Waals surface area contributed by atoms with Crippen molar-refractivity contribution in [1.82, 2.24) is 10.6 Å². The molecule has 2 aromatic carbocycles. The van der Waals surface area contributed by atoms with Gasteiger partial charge in [0.2, 0.25) is 11.8 Å². The number of hydrogen-bond donors (Lipinski definition) is 3. The summed E-state index contributed by atoms with van der Waals surface area (Å²) in [6.45, 7) is 4.33. The SMILES string of the molecule is COc1ccc(C)cc1NC(=O)C(NCCNC(C)=O)c1ccccc1. The third-order valence-electron chi connectivity index (χ3n) is 3.86. The fourth-order valence-electron chi connectivity index (χ4n) is 2.59. The van der Waals surface area contributed by atoms with E-state index in [4.69, 9.17) is 4.74 Å². The van der Waals surface area contributed by atoms with Gasteiger partial charge in [-0.1, -0.05) is 36.4 Å². The lowest BCUT2D eigenvalue weighted by Gasteiger charge is -2.20. The predicted octanol–water partition coefficient (Wildman–Crippen LogP) is 2.41.